The summed E-state index contributed by atoms with van der Waals surface area (Å²) in [7, 11) is 0. The minimum absolute atomic E-state index is 0.358. The summed E-state index contributed by atoms with van der Waals surface area (Å²) in [6.45, 7) is 5.37. The van der Waals surface area contributed by atoms with Crippen LogP contribution in [0.1, 0.15) is 44.6 Å². The van der Waals surface area contributed by atoms with E-state index < -0.39 is 0 Å². The van der Waals surface area contributed by atoms with Crippen LogP contribution in [-0.4, -0.2) is 85.8 Å². The molecule has 210 valence electrons. The van der Waals surface area contributed by atoms with Crippen LogP contribution >= 0.6 is 0 Å². The van der Waals surface area contributed by atoms with Crippen molar-refractivity contribution in [1.29, 1.82) is 0 Å². The van der Waals surface area contributed by atoms with Crippen LogP contribution in [0.2, 0.25) is 0 Å². The van der Waals surface area contributed by atoms with Crippen molar-refractivity contribution in [3.63, 3.8) is 0 Å². The number of nitrogens with one attached hydrogen (secondary N) is 2. The summed E-state index contributed by atoms with van der Waals surface area (Å²) >= 11 is 0. The first kappa shape index (κ1) is 25.4. The highest BCUT2D eigenvalue weighted by Gasteiger charge is 2.28. The lowest BCUT2D eigenvalue weighted by molar-refractivity contribution is 0.00791. The standard InChI is InChI=1S/C29H37N9O2/c1-2-25(19-30-10-1)37-11-7-26-27(37)28(32-21-3-5-23(6-4-21)36-12-16-40-17-13-36)35-29(34-26)33-22-18-31-38(20-22)24-8-14-39-15-9-24/h1-2,7,10-11,18-21,23-24H,3-6,8-9,12-17H2,(H2,32,33,34,35). The minimum atomic E-state index is 0.358. The highest BCUT2D eigenvalue weighted by molar-refractivity contribution is 5.89. The van der Waals surface area contributed by atoms with E-state index in [9.17, 15) is 0 Å². The zero-order valence-electron chi connectivity index (χ0n) is 22.8. The lowest BCUT2D eigenvalue weighted by Crippen LogP contribution is -2.46. The first-order valence-electron chi connectivity index (χ1n) is 14.6. The molecule has 0 unspecified atom stereocenters. The van der Waals surface area contributed by atoms with E-state index >= 15 is 0 Å². The van der Waals surface area contributed by atoms with Crippen LogP contribution < -0.4 is 10.6 Å². The zero-order chi connectivity index (χ0) is 26.7. The quantitative estimate of drug-likeness (QED) is 0.355. The van der Waals surface area contributed by atoms with Crippen LogP contribution in [0.15, 0.2) is 49.2 Å². The molecule has 3 fully saturated rings. The Hall–Kier alpha value is -3.54. The molecule has 6 heterocycles. The number of pyridine rings is 1. The van der Waals surface area contributed by atoms with Gasteiger partial charge in [0, 0.05) is 57.0 Å². The maximum atomic E-state index is 5.57. The number of anilines is 3. The molecule has 40 heavy (non-hydrogen) atoms. The van der Waals surface area contributed by atoms with Gasteiger partial charge in [0.05, 0.1) is 48.5 Å². The minimum Gasteiger partial charge on any atom is -0.381 e. The van der Waals surface area contributed by atoms with Crippen LogP contribution in [0.5, 0.6) is 0 Å². The molecular formula is C29H37N9O2. The number of fused-ring (bicyclic) bond motifs is 1. The van der Waals surface area contributed by atoms with Gasteiger partial charge in [-0.2, -0.15) is 10.1 Å². The lowest BCUT2D eigenvalue weighted by atomic mass is 9.90. The van der Waals surface area contributed by atoms with Gasteiger partial charge in [-0.15, -0.1) is 0 Å². The molecule has 4 aromatic rings. The number of nitrogens with zero attached hydrogens (tertiary/aromatic N) is 7. The number of hydrogen-bond acceptors (Lipinski definition) is 9. The smallest absolute Gasteiger partial charge is 0.229 e. The number of rotatable bonds is 7. The third-order valence-electron chi connectivity index (χ3n) is 8.48. The molecule has 2 aliphatic heterocycles. The molecule has 11 nitrogen and oxygen atoms in total. The van der Waals surface area contributed by atoms with Crippen molar-refractivity contribution < 1.29 is 9.47 Å². The first-order chi connectivity index (χ1) is 19.8. The van der Waals surface area contributed by atoms with Crippen LogP contribution in [0.4, 0.5) is 17.5 Å². The van der Waals surface area contributed by atoms with E-state index in [1.165, 1.54) is 12.8 Å². The summed E-state index contributed by atoms with van der Waals surface area (Å²) in [5.41, 5.74) is 3.71. The van der Waals surface area contributed by atoms with Gasteiger partial charge in [-0.25, -0.2) is 4.98 Å². The first-order valence-corrected chi connectivity index (χ1v) is 14.6. The van der Waals surface area contributed by atoms with E-state index in [0.29, 0.717) is 24.1 Å². The van der Waals surface area contributed by atoms with Crippen molar-refractivity contribution in [3.05, 3.63) is 49.2 Å². The fourth-order valence-corrected chi connectivity index (χ4v) is 6.32. The van der Waals surface area contributed by atoms with Crippen molar-refractivity contribution in [2.24, 2.45) is 0 Å². The molecule has 1 aliphatic carbocycles. The SMILES string of the molecule is c1cncc(-n2ccc3nc(Nc4cnn(C5CCOCC5)c4)nc(NC4CCC(N5CCOCC5)CC4)c32)c1. The predicted octanol–water partition coefficient (Wildman–Crippen LogP) is 4.16. The van der Waals surface area contributed by atoms with E-state index in [1.54, 1.807) is 6.20 Å². The van der Waals surface area contributed by atoms with E-state index in [-0.39, 0.29) is 0 Å². The van der Waals surface area contributed by atoms with Gasteiger partial charge in [-0.1, -0.05) is 0 Å². The lowest BCUT2D eigenvalue weighted by Gasteiger charge is -2.39. The van der Waals surface area contributed by atoms with Gasteiger partial charge in [0.15, 0.2) is 5.82 Å². The van der Waals surface area contributed by atoms with Crippen LogP contribution in [0, 0.1) is 0 Å². The molecule has 7 rings (SSSR count). The Morgan fingerprint density at radius 1 is 0.850 bits per heavy atom. The van der Waals surface area contributed by atoms with Crippen LogP contribution in [0.25, 0.3) is 16.7 Å². The third-order valence-corrected chi connectivity index (χ3v) is 8.48. The molecular weight excluding hydrogens is 506 g/mol. The van der Waals surface area contributed by atoms with Crippen molar-refractivity contribution in [2.45, 2.75) is 56.7 Å². The molecule has 0 amide bonds. The summed E-state index contributed by atoms with van der Waals surface area (Å²) in [5.74, 6) is 1.40. The van der Waals surface area contributed by atoms with Crippen molar-refractivity contribution in [2.75, 3.05) is 50.2 Å². The van der Waals surface area contributed by atoms with Crippen molar-refractivity contribution in [1.82, 2.24) is 34.2 Å². The van der Waals surface area contributed by atoms with Gasteiger partial charge in [0.25, 0.3) is 0 Å². The number of ether oxygens (including phenoxy) is 2. The highest BCUT2D eigenvalue weighted by Crippen LogP contribution is 2.31. The summed E-state index contributed by atoms with van der Waals surface area (Å²) in [4.78, 5) is 16.9. The Bertz CT molecular complexity index is 1400. The van der Waals surface area contributed by atoms with Gasteiger partial charge in [0.1, 0.15) is 5.52 Å². The van der Waals surface area contributed by atoms with E-state index in [4.69, 9.17) is 19.4 Å². The summed E-state index contributed by atoms with van der Waals surface area (Å²) < 4.78 is 15.2. The largest absolute Gasteiger partial charge is 0.381 e. The fraction of sp³-hybridized carbons (Fsp3) is 0.517. The van der Waals surface area contributed by atoms with Gasteiger partial charge in [0.2, 0.25) is 5.95 Å². The molecule has 2 N–H and O–H groups in total. The molecule has 3 aliphatic rings. The zero-order valence-corrected chi connectivity index (χ0v) is 22.8. The van der Waals surface area contributed by atoms with Gasteiger partial charge < -0.3 is 24.7 Å². The Balaban J connectivity index is 1.14. The molecule has 0 atom stereocenters. The second-order valence-electron chi connectivity index (χ2n) is 11.0. The Labute approximate surface area is 233 Å². The molecule has 2 saturated heterocycles. The van der Waals surface area contributed by atoms with Gasteiger partial charge >= 0.3 is 0 Å². The van der Waals surface area contributed by atoms with Crippen molar-refractivity contribution in [3.8, 4) is 5.69 Å². The third kappa shape index (κ3) is 5.41. The fourth-order valence-electron chi connectivity index (χ4n) is 6.32. The number of aromatic nitrogens is 6. The molecule has 0 bridgehead atoms. The molecule has 0 aromatic carbocycles. The molecule has 0 radical (unpaired) electrons. The molecule has 0 spiro atoms. The summed E-state index contributed by atoms with van der Waals surface area (Å²) in [6, 6.07) is 7.43. The van der Waals surface area contributed by atoms with Crippen LogP contribution in [-0.2, 0) is 9.47 Å². The second kappa shape index (κ2) is 11.5. The number of morpholine rings is 1. The Morgan fingerprint density at radius 2 is 1.68 bits per heavy atom. The van der Waals surface area contributed by atoms with Gasteiger partial charge in [-0.3, -0.25) is 14.6 Å². The Morgan fingerprint density at radius 3 is 2.48 bits per heavy atom. The topological polar surface area (TPSA) is 107 Å². The van der Waals surface area contributed by atoms with E-state index in [1.807, 2.05) is 41.6 Å². The van der Waals surface area contributed by atoms with Gasteiger partial charge in [-0.05, 0) is 56.7 Å². The van der Waals surface area contributed by atoms with Crippen molar-refractivity contribution >= 4 is 28.5 Å². The maximum Gasteiger partial charge on any atom is 0.229 e. The normalized spacial score (nSPS) is 22.9. The summed E-state index contributed by atoms with van der Waals surface area (Å²) in [6.07, 6.45) is 16.2. The number of hydrogen-bond donors (Lipinski definition) is 2. The average molecular weight is 544 g/mol. The highest BCUT2D eigenvalue weighted by atomic mass is 16.5. The average Bonchev–Trinajstić information content (AvgIpc) is 3.67. The molecule has 11 heteroatoms. The van der Waals surface area contributed by atoms with E-state index in [2.05, 4.69) is 36.2 Å². The Kier molecular flexibility index (Phi) is 7.32. The maximum absolute atomic E-state index is 5.57. The van der Waals surface area contributed by atoms with Crippen LogP contribution in [0.3, 0.4) is 0 Å². The van der Waals surface area contributed by atoms with E-state index in [0.717, 1.165) is 93.4 Å². The molecule has 1 saturated carbocycles. The predicted molar refractivity (Wildman–Crippen MR) is 153 cm³/mol. The second-order valence-corrected chi connectivity index (χ2v) is 11.0. The summed E-state index contributed by atoms with van der Waals surface area (Å²) in [5, 5.41) is 11.8. The monoisotopic (exact) mass is 543 g/mol. The molecule has 4 aromatic heterocycles.